The molecule has 9 heteroatoms. The van der Waals surface area contributed by atoms with Crippen LogP contribution in [0.4, 0.5) is 21.6 Å². The zero-order valence-electron chi connectivity index (χ0n) is 23.7. The summed E-state index contributed by atoms with van der Waals surface area (Å²) < 4.78 is 26.7. The molecule has 0 radical (unpaired) electrons. The van der Waals surface area contributed by atoms with Crippen molar-refractivity contribution in [3.63, 3.8) is 0 Å². The molecule has 5 aromatic rings. The number of nitrogens with zero attached hydrogens (tertiary/aromatic N) is 1. The normalized spacial score (nSPS) is 12.5. The van der Waals surface area contributed by atoms with E-state index in [2.05, 4.69) is 46.8 Å². The van der Waals surface area contributed by atoms with Gasteiger partial charge in [-0.25, -0.2) is 9.37 Å². The number of carbonyl (C=O) groups is 1. The monoisotopic (exact) mass is 594 g/mol. The topological polar surface area (TPSA) is 84.5 Å². The molecule has 0 saturated heterocycles. The minimum absolute atomic E-state index is 0.268. The highest BCUT2D eigenvalue weighted by atomic mass is 32.1. The third-order valence-corrected chi connectivity index (χ3v) is 8.24. The molecule has 0 spiro atoms. The second kappa shape index (κ2) is 12.7. The van der Waals surface area contributed by atoms with Crippen LogP contribution < -0.4 is 20.7 Å². The molecule has 0 unspecified atom stereocenters. The SMILES string of the molecule is C=CC(=O)Nc1cccc(Nc2nc(-c3ccc4c(c3)CCNC4)c3ccsc3c2-c2ccc(F)cc2OCCOC)c1. The van der Waals surface area contributed by atoms with E-state index in [0.29, 0.717) is 29.4 Å². The lowest BCUT2D eigenvalue weighted by atomic mass is 9.95. The van der Waals surface area contributed by atoms with Gasteiger partial charge >= 0.3 is 0 Å². The maximum Gasteiger partial charge on any atom is 0.247 e. The number of anilines is 3. The number of halogens is 1. The molecule has 218 valence electrons. The summed E-state index contributed by atoms with van der Waals surface area (Å²) in [5.74, 6) is 0.286. The number of benzene rings is 3. The van der Waals surface area contributed by atoms with Gasteiger partial charge in [-0.15, -0.1) is 11.3 Å². The Morgan fingerprint density at radius 1 is 1.09 bits per heavy atom. The predicted octanol–water partition coefficient (Wildman–Crippen LogP) is 7.31. The first kappa shape index (κ1) is 28.5. The van der Waals surface area contributed by atoms with Gasteiger partial charge in [0.1, 0.15) is 24.0 Å². The molecule has 0 saturated carbocycles. The molecule has 0 bridgehead atoms. The summed E-state index contributed by atoms with van der Waals surface area (Å²) >= 11 is 1.59. The van der Waals surface area contributed by atoms with Crippen molar-refractivity contribution in [3.05, 3.63) is 102 Å². The fraction of sp³-hybridized carbons (Fsp3) is 0.176. The molecule has 0 atom stereocenters. The van der Waals surface area contributed by atoms with Crippen LogP contribution in [0.5, 0.6) is 5.75 Å². The maximum absolute atomic E-state index is 14.5. The predicted molar refractivity (Wildman–Crippen MR) is 172 cm³/mol. The summed E-state index contributed by atoms with van der Waals surface area (Å²) in [5.41, 5.74) is 7.33. The van der Waals surface area contributed by atoms with E-state index in [4.69, 9.17) is 14.5 Å². The van der Waals surface area contributed by atoms with Crippen LogP contribution in [0.1, 0.15) is 11.1 Å². The number of nitrogens with one attached hydrogen (secondary N) is 3. The molecule has 3 heterocycles. The van der Waals surface area contributed by atoms with Crippen molar-refractivity contribution in [1.82, 2.24) is 10.3 Å². The number of aromatic nitrogens is 1. The smallest absolute Gasteiger partial charge is 0.247 e. The minimum Gasteiger partial charge on any atom is -0.490 e. The average Bonchev–Trinajstić information content (AvgIpc) is 3.51. The molecule has 1 aliphatic heterocycles. The third-order valence-electron chi connectivity index (χ3n) is 7.31. The number of carbonyl (C=O) groups excluding carboxylic acids is 1. The molecule has 3 N–H and O–H groups in total. The van der Waals surface area contributed by atoms with Gasteiger partial charge in [-0.2, -0.15) is 0 Å². The van der Waals surface area contributed by atoms with Crippen LogP contribution in [0.3, 0.4) is 0 Å². The Morgan fingerprint density at radius 2 is 1.98 bits per heavy atom. The quantitative estimate of drug-likeness (QED) is 0.116. The molecule has 0 fully saturated rings. The van der Waals surface area contributed by atoms with Gasteiger partial charge in [0, 0.05) is 57.9 Å². The van der Waals surface area contributed by atoms with Crippen LogP contribution in [0.2, 0.25) is 0 Å². The molecule has 1 aliphatic rings. The van der Waals surface area contributed by atoms with E-state index in [0.717, 1.165) is 52.1 Å². The number of hydrogen-bond acceptors (Lipinski definition) is 7. The molecular weight excluding hydrogens is 563 g/mol. The first-order valence-corrected chi connectivity index (χ1v) is 14.9. The van der Waals surface area contributed by atoms with Gasteiger partial charge in [-0.05, 0) is 78.0 Å². The summed E-state index contributed by atoms with van der Waals surface area (Å²) in [6.07, 6.45) is 2.19. The molecule has 3 aromatic carbocycles. The largest absolute Gasteiger partial charge is 0.490 e. The van der Waals surface area contributed by atoms with Gasteiger partial charge in [0.15, 0.2) is 0 Å². The molecule has 43 heavy (non-hydrogen) atoms. The van der Waals surface area contributed by atoms with E-state index >= 15 is 0 Å². The van der Waals surface area contributed by atoms with Crippen LogP contribution in [-0.2, 0) is 22.5 Å². The maximum atomic E-state index is 14.5. The summed E-state index contributed by atoms with van der Waals surface area (Å²) in [7, 11) is 1.60. The highest BCUT2D eigenvalue weighted by Gasteiger charge is 2.22. The Balaban J connectivity index is 1.53. The van der Waals surface area contributed by atoms with Crippen molar-refractivity contribution in [1.29, 1.82) is 0 Å². The fourth-order valence-electron chi connectivity index (χ4n) is 5.27. The van der Waals surface area contributed by atoms with Crippen LogP contribution in [0.15, 0.2) is 84.8 Å². The van der Waals surface area contributed by atoms with Crippen molar-refractivity contribution in [2.24, 2.45) is 0 Å². The highest BCUT2D eigenvalue weighted by Crippen LogP contribution is 2.46. The Morgan fingerprint density at radius 3 is 2.84 bits per heavy atom. The summed E-state index contributed by atoms with van der Waals surface area (Å²) in [6, 6.07) is 20.5. The summed E-state index contributed by atoms with van der Waals surface area (Å²) in [6.45, 7) is 5.97. The van der Waals surface area contributed by atoms with Gasteiger partial charge in [-0.1, -0.05) is 24.8 Å². The standard InChI is InChI=1S/C34H31FN4O3S/c1-3-30(40)37-25-5-4-6-26(19-25)38-34-31(27-10-9-24(35)18-29(27)42-15-14-41-2)33-28(12-16-43-33)32(39-34)22-7-8-23-20-36-13-11-21(23)17-22/h3-10,12,16-19,36H,1,11,13-15,20H2,2H3,(H,37,40)(H,38,39). The van der Waals surface area contributed by atoms with E-state index < -0.39 is 5.82 Å². The molecular formula is C34H31FN4O3S. The van der Waals surface area contributed by atoms with Crippen molar-refractivity contribution in [2.45, 2.75) is 13.0 Å². The first-order valence-electron chi connectivity index (χ1n) is 14.0. The second-order valence-corrected chi connectivity index (χ2v) is 11.1. The summed E-state index contributed by atoms with van der Waals surface area (Å²) in [4.78, 5) is 17.2. The van der Waals surface area contributed by atoms with Gasteiger partial charge in [0.05, 0.1) is 12.3 Å². The van der Waals surface area contributed by atoms with Crippen LogP contribution in [-0.4, -0.2) is 37.8 Å². The van der Waals surface area contributed by atoms with Crippen LogP contribution in [0.25, 0.3) is 32.5 Å². The lowest BCUT2D eigenvalue weighted by Gasteiger charge is -2.20. The number of methoxy groups -OCH3 is 1. The number of hydrogen-bond donors (Lipinski definition) is 3. The third kappa shape index (κ3) is 6.15. The zero-order chi connectivity index (χ0) is 29.8. The van der Waals surface area contributed by atoms with Gasteiger partial charge < -0.3 is 25.4 Å². The number of rotatable bonds is 10. The number of pyridine rings is 1. The number of ether oxygens (including phenoxy) is 2. The molecule has 1 amide bonds. The van der Waals surface area contributed by atoms with Crippen molar-refractivity contribution in [3.8, 4) is 28.1 Å². The van der Waals surface area contributed by atoms with E-state index in [1.165, 1.54) is 29.3 Å². The zero-order valence-corrected chi connectivity index (χ0v) is 24.5. The highest BCUT2D eigenvalue weighted by molar-refractivity contribution is 7.18. The summed E-state index contributed by atoms with van der Waals surface area (Å²) in [5, 5.41) is 12.8. The number of thiophene rings is 1. The van der Waals surface area contributed by atoms with E-state index in [1.54, 1.807) is 30.6 Å². The van der Waals surface area contributed by atoms with Crippen molar-refractivity contribution in [2.75, 3.05) is 37.5 Å². The Hall–Kier alpha value is -4.57. The number of fused-ring (bicyclic) bond motifs is 2. The Labute approximate surface area is 253 Å². The van der Waals surface area contributed by atoms with Crippen molar-refractivity contribution < 1.29 is 18.7 Å². The average molecular weight is 595 g/mol. The van der Waals surface area contributed by atoms with Gasteiger partial charge in [0.2, 0.25) is 5.91 Å². The van der Waals surface area contributed by atoms with E-state index in [1.807, 2.05) is 23.6 Å². The molecule has 6 rings (SSSR count). The fourth-order valence-corrected chi connectivity index (χ4v) is 6.23. The Bertz CT molecular complexity index is 1820. The lowest BCUT2D eigenvalue weighted by Crippen LogP contribution is -2.23. The number of amides is 1. The molecule has 0 aliphatic carbocycles. The van der Waals surface area contributed by atoms with Crippen molar-refractivity contribution >= 4 is 44.5 Å². The lowest BCUT2D eigenvalue weighted by molar-refractivity contribution is -0.111. The van der Waals surface area contributed by atoms with Gasteiger partial charge in [0.25, 0.3) is 0 Å². The Kier molecular flexibility index (Phi) is 8.46. The van der Waals surface area contributed by atoms with Crippen LogP contribution in [0, 0.1) is 5.82 Å². The minimum atomic E-state index is -0.396. The van der Waals surface area contributed by atoms with E-state index in [-0.39, 0.29) is 12.5 Å². The van der Waals surface area contributed by atoms with E-state index in [9.17, 15) is 9.18 Å². The van der Waals surface area contributed by atoms with Gasteiger partial charge in [-0.3, -0.25) is 4.79 Å². The first-order chi connectivity index (χ1) is 21.0. The second-order valence-electron chi connectivity index (χ2n) is 10.1. The van der Waals surface area contributed by atoms with Crippen LogP contribution >= 0.6 is 11.3 Å². The molecule has 7 nitrogen and oxygen atoms in total. The molecule has 2 aromatic heterocycles.